The highest BCUT2D eigenvalue weighted by atomic mass is 19.1. The minimum absolute atomic E-state index is 0.0724. The molecule has 1 aromatic rings. The van der Waals surface area contributed by atoms with Crippen LogP contribution in [0.3, 0.4) is 0 Å². The average molecular weight is 265 g/mol. The van der Waals surface area contributed by atoms with E-state index in [2.05, 4.69) is 22.5 Å². The molecule has 0 aliphatic carbocycles. The first-order chi connectivity index (χ1) is 9.13. The van der Waals surface area contributed by atoms with E-state index in [1.165, 1.54) is 12.1 Å². The molecule has 104 valence electrons. The van der Waals surface area contributed by atoms with Crippen molar-refractivity contribution in [1.82, 2.24) is 10.2 Å². The molecule has 1 aliphatic rings. The van der Waals surface area contributed by atoms with Gasteiger partial charge in [-0.1, -0.05) is 6.07 Å². The van der Waals surface area contributed by atoms with Gasteiger partial charge in [-0.15, -0.1) is 0 Å². The van der Waals surface area contributed by atoms with Crippen molar-refractivity contribution in [2.24, 2.45) is 0 Å². The summed E-state index contributed by atoms with van der Waals surface area (Å²) in [6.07, 6.45) is 0.434. The second kappa shape index (κ2) is 6.63. The summed E-state index contributed by atoms with van der Waals surface area (Å²) in [6, 6.07) is 6.43. The monoisotopic (exact) mass is 265 g/mol. The summed E-state index contributed by atoms with van der Waals surface area (Å²) in [7, 11) is 0. The van der Waals surface area contributed by atoms with Gasteiger partial charge < -0.3 is 15.5 Å². The Morgan fingerprint density at radius 3 is 3.16 bits per heavy atom. The number of rotatable bonds is 4. The second-order valence-electron chi connectivity index (χ2n) is 4.96. The number of benzene rings is 1. The quantitative estimate of drug-likeness (QED) is 0.866. The van der Waals surface area contributed by atoms with Crippen LogP contribution >= 0.6 is 0 Å². The van der Waals surface area contributed by atoms with Gasteiger partial charge in [-0.2, -0.15) is 0 Å². The number of carbonyl (C=O) groups excluding carboxylic acids is 1. The molecule has 19 heavy (non-hydrogen) atoms. The van der Waals surface area contributed by atoms with Gasteiger partial charge in [0.25, 0.3) is 0 Å². The van der Waals surface area contributed by atoms with E-state index >= 15 is 0 Å². The summed E-state index contributed by atoms with van der Waals surface area (Å²) in [5.41, 5.74) is 0.513. The molecule has 0 aromatic heterocycles. The minimum Gasteiger partial charge on any atom is -0.326 e. The van der Waals surface area contributed by atoms with Crippen LogP contribution in [-0.4, -0.2) is 43.0 Å². The molecule has 1 amide bonds. The van der Waals surface area contributed by atoms with Crippen molar-refractivity contribution in [2.45, 2.75) is 19.4 Å². The molecule has 0 saturated carbocycles. The third-order valence-corrected chi connectivity index (χ3v) is 3.22. The van der Waals surface area contributed by atoms with E-state index in [-0.39, 0.29) is 11.7 Å². The lowest BCUT2D eigenvalue weighted by molar-refractivity contribution is -0.116. The first-order valence-electron chi connectivity index (χ1n) is 6.64. The molecule has 4 nitrogen and oxygen atoms in total. The maximum absolute atomic E-state index is 13.0. The van der Waals surface area contributed by atoms with Crippen LogP contribution in [0, 0.1) is 5.82 Å². The Hall–Kier alpha value is -1.46. The average Bonchev–Trinajstić information content (AvgIpc) is 2.36. The summed E-state index contributed by atoms with van der Waals surface area (Å²) in [4.78, 5) is 14.0. The van der Waals surface area contributed by atoms with E-state index in [1.54, 1.807) is 12.1 Å². The second-order valence-corrected chi connectivity index (χ2v) is 4.96. The largest absolute Gasteiger partial charge is 0.326 e. The predicted octanol–water partition coefficient (Wildman–Crippen LogP) is 1.45. The lowest BCUT2D eigenvalue weighted by atomic mass is 10.2. The van der Waals surface area contributed by atoms with Gasteiger partial charge in [-0.3, -0.25) is 4.79 Å². The van der Waals surface area contributed by atoms with Crippen LogP contribution in [0.25, 0.3) is 0 Å². The highest BCUT2D eigenvalue weighted by molar-refractivity contribution is 5.90. The zero-order valence-corrected chi connectivity index (χ0v) is 11.2. The number of nitrogens with zero attached hydrogens (tertiary/aromatic N) is 1. The van der Waals surface area contributed by atoms with Crippen LogP contribution in [0.15, 0.2) is 24.3 Å². The molecule has 2 N–H and O–H groups in total. The summed E-state index contributed by atoms with van der Waals surface area (Å²) in [6.45, 7) is 5.78. The molecule has 5 heteroatoms. The van der Waals surface area contributed by atoms with E-state index in [4.69, 9.17) is 0 Å². The molecule has 0 radical (unpaired) electrons. The van der Waals surface area contributed by atoms with Crippen LogP contribution in [0.5, 0.6) is 0 Å². The van der Waals surface area contributed by atoms with Crippen molar-refractivity contribution >= 4 is 11.6 Å². The van der Waals surface area contributed by atoms with Crippen LogP contribution in [0.2, 0.25) is 0 Å². The highest BCUT2D eigenvalue weighted by Crippen LogP contribution is 2.09. The van der Waals surface area contributed by atoms with Gasteiger partial charge in [-0.05, 0) is 25.1 Å². The smallest absolute Gasteiger partial charge is 0.225 e. The number of piperazine rings is 1. The fraction of sp³-hybridized carbons (Fsp3) is 0.500. The van der Waals surface area contributed by atoms with Crippen LogP contribution < -0.4 is 10.6 Å². The Balaban J connectivity index is 1.75. The SMILES string of the molecule is CC1CN(CCC(=O)Nc2cccc(F)c2)CCN1. The summed E-state index contributed by atoms with van der Waals surface area (Å²) < 4.78 is 13.0. The van der Waals surface area contributed by atoms with Gasteiger partial charge in [0.2, 0.25) is 5.91 Å². The molecule has 1 heterocycles. The Kier molecular flexibility index (Phi) is 4.87. The molecule has 1 unspecified atom stereocenters. The topological polar surface area (TPSA) is 44.4 Å². The van der Waals surface area contributed by atoms with Crippen molar-refractivity contribution in [3.8, 4) is 0 Å². The van der Waals surface area contributed by atoms with E-state index in [0.717, 1.165) is 26.2 Å². The first kappa shape index (κ1) is 14.0. The van der Waals surface area contributed by atoms with Crippen molar-refractivity contribution in [2.75, 3.05) is 31.5 Å². The maximum Gasteiger partial charge on any atom is 0.225 e. The Morgan fingerprint density at radius 2 is 2.42 bits per heavy atom. The zero-order valence-electron chi connectivity index (χ0n) is 11.2. The standard InChI is InChI=1S/C14H20FN3O/c1-11-10-18(8-6-16-11)7-5-14(19)17-13-4-2-3-12(15)9-13/h2-4,9,11,16H,5-8,10H2,1H3,(H,17,19). The first-order valence-corrected chi connectivity index (χ1v) is 6.64. The zero-order chi connectivity index (χ0) is 13.7. The van der Waals surface area contributed by atoms with Gasteiger partial charge in [0.15, 0.2) is 0 Å². The van der Waals surface area contributed by atoms with Crippen molar-refractivity contribution in [1.29, 1.82) is 0 Å². The Bertz CT molecular complexity index is 438. The minimum atomic E-state index is -0.339. The molecule has 1 fully saturated rings. The lowest BCUT2D eigenvalue weighted by Gasteiger charge is -2.31. The molecule has 1 saturated heterocycles. The van der Waals surface area contributed by atoms with Crippen LogP contribution in [0.4, 0.5) is 10.1 Å². The molecule has 1 aromatic carbocycles. The van der Waals surface area contributed by atoms with E-state index in [1.807, 2.05) is 0 Å². The lowest BCUT2D eigenvalue weighted by Crippen LogP contribution is -2.49. The third-order valence-electron chi connectivity index (χ3n) is 3.22. The number of nitrogens with one attached hydrogen (secondary N) is 2. The highest BCUT2D eigenvalue weighted by Gasteiger charge is 2.16. The van der Waals surface area contributed by atoms with Crippen LogP contribution in [0.1, 0.15) is 13.3 Å². The molecule has 0 spiro atoms. The third kappa shape index (κ3) is 4.61. The summed E-state index contributed by atoms with van der Waals surface area (Å²) in [5, 5.41) is 6.07. The fourth-order valence-electron chi connectivity index (χ4n) is 2.26. The molecule has 2 rings (SSSR count). The summed E-state index contributed by atoms with van der Waals surface area (Å²) >= 11 is 0. The number of halogens is 1. The fourth-order valence-corrected chi connectivity index (χ4v) is 2.26. The number of hydrogen-bond donors (Lipinski definition) is 2. The Morgan fingerprint density at radius 1 is 1.58 bits per heavy atom. The maximum atomic E-state index is 13.0. The van der Waals surface area contributed by atoms with Gasteiger partial charge >= 0.3 is 0 Å². The molecule has 1 atom stereocenters. The van der Waals surface area contributed by atoms with Gasteiger partial charge in [0.05, 0.1) is 0 Å². The van der Waals surface area contributed by atoms with E-state index in [9.17, 15) is 9.18 Å². The van der Waals surface area contributed by atoms with Crippen molar-refractivity contribution < 1.29 is 9.18 Å². The summed E-state index contributed by atoms with van der Waals surface area (Å²) in [5.74, 6) is -0.412. The molecular weight excluding hydrogens is 245 g/mol. The van der Waals surface area contributed by atoms with Crippen molar-refractivity contribution in [3.63, 3.8) is 0 Å². The van der Waals surface area contributed by atoms with Gasteiger partial charge in [-0.25, -0.2) is 4.39 Å². The number of anilines is 1. The number of hydrogen-bond acceptors (Lipinski definition) is 3. The van der Waals surface area contributed by atoms with Crippen LogP contribution in [-0.2, 0) is 4.79 Å². The van der Waals surface area contributed by atoms with Gasteiger partial charge in [0.1, 0.15) is 5.82 Å². The van der Waals surface area contributed by atoms with Crippen molar-refractivity contribution in [3.05, 3.63) is 30.1 Å². The van der Waals surface area contributed by atoms with E-state index in [0.29, 0.717) is 18.2 Å². The van der Waals surface area contributed by atoms with E-state index < -0.39 is 0 Å². The molecule has 1 aliphatic heterocycles. The number of carbonyl (C=O) groups is 1. The predicted molar refractivity (Wildman–Crippen MR) is 73.6 cm³/mol. The Labute approximate surface area is 113 Å². The number of amides is 1. The molecule has 0 bridgehead atoms. The normalized spacial score (nSPS) is 20.2. The van der Waals surface area contributed by atoms with Gasteiger partial charge in [0, 0.05) is 44.3 Å². The molecular formula is C14H20FN3O.